The topological polar surface area (TPSA) is 219 Å². The van der Waals surface area contributed by atoms with Crippen molar-refractivity contribution < 1.29 is 32.3 Å². The second kappa shape index (κ2) is 21.3. The van der Waals surface area contributed by atoms with Crippen molar-refractivity contribution in [1.82, 2.24) is 46.6 Å². The molecule has 6 N–H and O–H groups in total. The van der Waals surface area contributed by atoms with Crippen molar-refractivity contribution >= 4 is 44.9 Å². The van der Waals surface area contributed by atoms with Crippen LogP contribution in [0.4, 0.5) is 21.6 Å². The predicted molar refractivity (Wildman–Crippen MR) is 285 cm³/mol. The highest BCUT2D eigenvalue weighted by atomic mass is 79.9. The Labute approximate surface area is 446 Å². The van der Waals surface area contributed by atoms with Gasteiger partial charge in [-0.3, -0.25) is 9.59 Å². The number of fused-ring (bicyclic) bond motifs is 2. The molecule has 7 aromatic rings. The number of carbonyl (C=O) groups excluding carboxylic acids is 2. The Bertz CT molecular complexity index is 3240. The molecule has 0 spiro atoms. The number of hydrogen-bond acceptors (Lipinski definition) is 16. The van der Waals surface area contributed by atoms with Crippen molar-refractivity contribution in [2.75, 3.05) is 68.0 Å². The molecular weight excluding hydrogens is 1040 g/mol. The molecule has 0 aliphatic carbocycles. The van der Waals surface area contributed by atoms with Gasteiger partial charge in [0, 0.05) is 77.2 Å². The van der Waals surface area contributed by atoms with E-state index in [1.54, 1.807) is 18.3 Å². The van der Waals surface area contributed by atoms with E-state index in [4.69, 9.17) is 23.3 Å². The number of anilines is 3. The van der Waals surface area contributed by atoms with Crippen LogP contribution in [0.2, 0.25) is 0 Å². The molecule has 0 radical (unpaired) electrons. The molecule has 5 aliphatic rings. The lowest BCUT2D eigenvalue weighted by atomic mass is 9.87. The van der Waals surface area contributed by atoms with Gasteiger partial charge in [-0.2, -0.15) is 0 Å². The van der Waals surface area contributed by atoms with Gasteiger partial charge in [0.25, 0.3) is 11.8 Å². The maximum Gasteiger partial charge on any atom is 0.251 e. The van der Waals surface area contributed by atoms with Crippen LogP contribution in [0.1, 0.15) is 119 Å². The first kappa shape index (κ1) is 49.5. The van der Waals surface area contributed by atoms with E-state index >= 15 is 0 Å². The SMILES string of the molecule is O=C(N[C@H]1CCOc2c(Br)cccc21)c1cccc(NC2(c3nnc(C4CCN(c5cc(-c6nnc(C7(Nc8cccc(C(=O)N[C@@H]9CCOc%10ccc(F)cc%109)c8)CCNCC7)o6)ccn5)CC4)o3)CCNCC2)c1. The molecule has 3 saturated heterocycles. The molecule has 8 heterocycles. The van der Waals surface area contributed by atoms with Crippen LogP contribution in [-0.2, 0) is 11.1 Å². The lowest BCUT2D eigenvalue weighted by Gasteiger charge is -2.36. The molecule has 0 saturated carbocycles. The number of halogens is 2. The highest BCUT2D eigenvalue weighted by molar-refractivity contribution is 9.10. The van der Waals surface area contributed by atoms with Gasteiger partial charge in [-0.05, 0) is 153 Å². The van der Waals surface area contributed by atoms with Gasteiger partial charge in [0.2, 0.25) is 23.6 Å². The first-order chi connectivity index (χ1) is 37.2. The van der Waals surface area contributed by atoms with Crippen molar-refractivity contribution in [3.8, 4) is 23.0 Å². The number of piperidine rings is 3. The fourth-order valence-corrected chi connectivity index (χ4v) is 11.8. The zero-order valence-electron chi connectivity index (χ0n) is 41.7. The van der Waals surface area contributed by atoms with Gasteiger partial charge >= 0.3 is 0 Å². The smallest absolute Gasteiger partial charge is 0.251 e. The number of carbonyl (C=O) groups is 2. The van der Waals surface area contributed by atoms with Gasteiger partial charge in [-0.25, -0.2) is 9.37 Å². The van der Waals surface area contributed by atoms with Crippen molar-refractivity contribution in [2.45, 2.75) is 80.4 Å². The lowest BCUT2D eigenvalue weighted by molar-refractivity contribution is 0.0916. The van der Waals surface area contributed by atoms with Crippen molar-refractivity contribution in [1.29, 1.82) is 0 Å². The van der Waals surface area contributed by atoms with Crippen LogP contribution < -0.4 is 46.3 Å². The Morgan fingerprint density at radius 3 is 1.96 bits per heavy atom. The summed E-state index contributed by atoms with van der Waals surface area (Å²) in [6.45, 7) is 5.38. The summed E-state index contributed by atoms with van der Waals surface area (Å²) in [5.41, 5.74) is 3.58. The van der Waals surface area contributed by atoms with E-state index in [2.05, 4.69) is 73.1 Å². The second-order valence-electron chi connectivity index (χ2n) is 20.3. The Hall–Kier alpha value is -7.42. The molecule has 20 heteroatoms. The summed E-state index contributed by atoms with van der Waals surface area (Å²) < 4.78 is 39.8. The van der Waals surface area contributed by atoms with Crippen molar-refractivity contribution in [2.24, 2.45) is 0 Å². The monoisotopic (exact) mass is 1090 g/mol. The summed E-state index contributed by atoms with van der Waals surface area (Å²) in [6, 6.07) is 28.5. The molecule has 76 heavy (non-hydrogen) atoms. The third-order valence-corrected chi connectivity index (χ3v) is 16.0. The van der Waals surface area contributed by atoms with Crippen molar-refractivity contribution in [3.63, 3.8) is 0 Å². The normalized spacial score (nSPS) is 20.0. The predicted octanol–water partition coefficient (Wildman–Crippen LogP) is 8.69. The van der Waals surface area contributed by atoms with E-state index in [0.717, 1.165) is 103 Å². The Morgan fingerprint density at radius 1 is 0.658 bits per heavy atom. The highest BCUT2D eigenvalue weighted by Gasteiger charge is 2.42. The number of ether oxygens (including phenoxy) is 2. The van der Waals surface area contributed by atoms with Crippen LogP contribution in [-0.4, -0.2) is 89.7 Å². The molecule has 392 valence electrons. The number of nitrogens with one attached hydrogen (secondary N) is 6. The average Bonchev–Trinajstić information content (AvgIpc) is 4.18. The number of para-hydroxylation sites is 1. The molecule has 2 atom stereocenters. The van der Waals surface area contributed by atoms with Crippen LogP contribution >= 0.6 is 15.9 Å². The van der Waals surface area contributed by atoms with Gasteiger partial charge < -0.3 is 55.1 Å². The lowest BCUT2D eigenvalue weighted by Crippen LogP contribution is -2.45. The van der Waals surface area contributed by atoms with E-state index in [9.17, 15) is 14.0 Å². The zero-order valence-corrected chi connectivity index (χ0v) is 43.3. The minimum absolute atomic E-state index is 0.0695. The molecule has 4 aromatic carbocycles. The first-order valence-electron chi connectivity index (χ1n) is 26.2. The van der Waals surface area contributed by atoms with Crippen LogP contribution in [0.3, 0.4) is 0 Å². The van der Waals surface area contributed by atoms with Gasteiger partial charge in [0.15, 0.2) is 0 Å². The first-order valence-corrected chi connectivity index (χ1v) is 27.0. The van der Waals surface area contributed by atoms with Crippen LogP contribution in [0, 0.1) is 5.82 Å². The minimum atomic E-state index is -0.695. The maximum absolute atomic E-state index is 14.2. The molecule has 2 amide bonds. The summed E-state index contributed by atoms with van der Waals surface area (Å²) in [4.78, 5) is 34.4. The van der Waals surface area contributed by atoms with E-state index in [1.165, 1.54) is 12.1 Å². The Balaban J connectivity index is 0.692. The van der Waals surface area contributed by atoms with E-state index < -0.39 is 11.1 Å². The molecule has 0 unspecified atom stereocenters. The quantitative estimate of drug-likeness (QED) is 0.0636. The maximum atomic E-state index is 14.2. The zero-order chi connectivity index (χ0) is 51.6. The van der Waals surface area contributed by atoms with E-state index in [0.29, 0.717) is 84.9 Å². The third kappa shape index (κ3) is 10.2. The van der Waals surface area contributed by atoms with E-state index in [-0.39, 0.29) is 35.6 Å². The molecule has 3 fully saturated rings. The highest BCUT2D eigenvalue weighted by Crippen LogP contribution is 2.41. The Morgan fingerprint density at radius 2 is 1.28 bits per heavy atom. The minimum Gasteiger partial charge on any atom is -0.493 e. The number of pyridine rings is 1. The van der Waals surface area contributed by atoms with Crippen molar-refractivity contribution in [3.05, 3.63) is 153 Å². The standard InChI is InChI=1S/C56H58BrFN12O6/c57-43-9-3-8-41-44(16-29-74-48(41)43)62-49(71)35-4-1-6-39(30-35)64-55(17-22-59-23-18-55)53-68-66-51(75-53)34-13-26-70(27-14-34)47-32-37(12-21-61-47)52-67-69-54(76-52)56(19-24-60-25-20-56)65-40-7-2-5-36(31-40)50(72)63-45-15-28-73-46-11-10-38(58)33-42(45)46/h1-12,21,30-34,44-45,59-60,64-65H,13-20,22-29H2,(H,62,71)(H,63,72)/t44-,45+/m0/s1. The van der Waals surface area contributed by atoms with Gasteiger partial charge in [-0.1, -0.05) is 24.3 Å². The molecule has 18 nitrogen and oxygen atoms in total. The summed E-state index contributed by atoms with van der Waals surface area (Å²) >= 11 is 3.58. The number of benzene rings is 4. The van der Waals surface area contributed by atoms with Gasteiger partial charge in [0.05, 0.1) is 29.8 Å². The molecule has 12 rings (SSSR count). The summed E-state index contributed by atoms with van der Waals surface area (Å²) in [5, 5.41) is 39.2. The number of rotatable bonds is 13. The summed E-state index contributed by atoms with van der Waals surface area (Å²) in [6.07, 6.45) is 7.36. The fraction of sp³-hybridized carbons (Fsp3) is 0.375. The molecular formula is C56H58BrFN12O6. The van der Waals surface area contributed by atoms with E-state index in [1.807, 2.05) is 72.8 Å². The largest absolute Gasteiger partial charge is 0.493 e. The molecule has 5 aliphatic heterocycles. The molecule has 3 aromatic heterocycles. The number of amides is 2. The average molecular weight is 1090 g/mol. The van der Waals surface area contributed by atoms with Crippen LogP contribution in [0.15, 0.2) is 117 Å². The number of hydrogen-bond donors (Lipinski definition) is 6. The fourth-order valence-electron chi connectivity index (χ4n) is 11.3. The number of nitrogens with zero attached hydrogens (tertiary/aromatic N) is 6. The van der Waals surface area contributed by atoms with Gasteiger partial charge in [0.1, 0.15) is 34.2 Å². The third-order valence-electron chi connectivity index (χ3n) is 15.4. The summed E-state index contributed by atoms with van der Waals surface area (Å²) in [7, 11) is 0. The summed E-state index contributed by atoms with van der Waals surface area (Å²) in [5.74, 6) is 3.45. The number of aromatic nitrogens is 5. The van der Waals surface area contributed by atoms with Crippen LogP contribution in [0.25, 0.3) is 11.5 Å². The molecule has 0 bridgehead atoms. The Kier molecular flexibility index (Phi) is 13.9. The van der Waals surface area contributed by atoms with Gasteiger partial charge in [-0.15, -0.1) is 20.4 Å². The second-order valence-corrected chi connectivity index (χ2v) is 21.1. The van der Waals surface area contributed by atoms with Crippen LogP contribution in [0.5, 0.6) is 11.5 Å².